The van der Waals surface area contributed by atoms with E-state index in [1.807, 2.05) is 42.5 Å². The van der Waals surface area contributed by atoms with E-state index in [-0.39, 0.29) is 11.4 Å². The van der Waals surface area contributed by atoms with Crippen LogP contribution < -0.4 is 25.4 Å². The summed E-state index contributed by atoms with van der Waals surface area (Å²) in [4.78, 5) is 20.1. The monoisotopic (exact) mass is 541 g/mol. The molecular weight excluding hydrogens is 502 g/mol. The first-order valence-electron chi connectivity index (χ1n) is 13.7. The number of methoxy groups -OCH3 is 1. The molecule has 2 amide bonds. The van der Waals surface area contributed by atoms with Gasteiger partial charge in [-0.3, -0.25) is 0 Å². The third-order valence-electron chi connectivity index (χ3n) is 6.82. The molecule has 1 aromatic heterocycles. The first kappa shape index (κ1) is 28.7. The van der Waals surface area contributed by atoms with Gasteiger partial charge in [0.15, 0.2) is 0 Å². The van der Waals surface area contributed by atoms with Crippen molar-refractivity contribution in [3.63, 3.8) is 0 Å². The molecule has 0 bridgehead atoms. The molecule has 0 radical (unpaired) electrons. The number of carbonyl (C=O) groups is 1. The summed E-state index contributed by atoms with van der Waals surface area (Å²) < 4.78 is 11.2. The van der Waals surface area contributed by atoms with Gasteiger partial charge in [0.1, 0.15) is 11.5 Å². The van der Waals surface area contributed by atoms with E-state index in [0.29, 0.717) is 29.3 Å². The molecule has 3 aromatic carbocycles. The highest BCUT2D eigenvalue weighted by Crippen LogP contribution is 2.32. The van der Waals surface area contributed by atoms with Crippen LogP contribution in [0.25, 0.3) is 10.8 Å². The molecule has 8 heteroatoms. The SMILES string of the molecule is CNC(=O)Nc1cc(C(C)(C)C)ccc1OC.c1ccc2c(Oc3ccnc(NC4CCCC4)n3)cccc2c1. The number of nitrogens with one attached hydrogen (secondary N) is 3. The first-order chi connectivity index (χ1) is 19.3. The van der Waals surface area contributed by atoms with Gasteiger partial charge in [0.25, 0.3) is 0 Å². The molecular formula is C32H39N5O3. The van der Waals surface area contributed by atoms with Gasteiger partial charge in [-0.1, -0.05) is 76.1 Å². The summed E-state index contributed by atoms with van der Waals surface area (Å²) in [6.07, 6.45) is 6.69. The fourth-order valence-corrected chi connectivity index (χ4v) is 4.58. The molecule has 0 atom stereocenters. The maximum atomic E-state index is 11.3. The Labute approximate surface area is 236 Å². The number of benzene rings is 3. The molecule has 1 heterocycles. The van der Waals surface area contributed by atoms with Gasteiger partial charge in [-0.15, -0.1) is 0 Å². The van der Waals surface area contributed by atoms with Gasteiger partial charge in [0, 0.05) is 30.7 Å². The average molecular weight is 542 g/mol. The molecule has 1 aliphatic carbocycles. The Morgan fingerprint density at radius 2 is 1.70 bits per heavy atom. The molecule has 40 heavy (non-hydrogen) atoms. The molecule has 0 aliphatic heterocycles. The lowest BCUT2D eigenvalue weighted by atomic mass is 9.87. The van der Waals surface area contributed by atoms with Crippen molar-refractivity contribution in [2.45, 2.75) is 57.9 Å². The fraction of sp³-hybridized carbons (Fsp3) is 0.344. The van der Waals surface area contributed by atoms with Gasteiger partial charge in [0.05, 0.1) is 12.8 Å². The van der Waals surface area contributed by atoms with Crippen molar-refractivity contribution in [3.8, 4) is 17.4 Å². The summed E-state index contributed by atoms with van der Waals surface area (Å²) in [5.41, 5.74) is 1.86. The van der Waals surface area contributed by atoms with Crippen LogP contribution in [0.1, 0.15) is 52.0 Å². The van der Waals surface area contributed by atoms with E-state index in [1.54, 1.807) is 26.4 Å². The second kappa shape index (κ2) is 13.2. The second-order valence-electron chi connectivity index (χ2n) is 10.8. The van der Waals surface area contributed by atoms with Gasteiger partial charge in [0.2, 0.25) is 11.8 Å². The minimum atomic E-state index is -0.255. The van der Waals surface area contributed by atoms with Crippen LogP contribution in [0.15, 0.2) is 72.9 Å². The van der Waals surface area contributed by atoms with Gasteiger partial charge < -0.3 is 25.4 Å². The Hall–Kier alpha value is -4.33. The summed E-state index contributed by atoms with van der Waals surface area (Å²) >= 11 is 0. The zero-order valence-electron chi connectivity index (χ0n) is 24.0. The minimum Gasteiger partial charge on any atom is -0.495 e. The Morgan fingerprint density at radius 3 is 2.42 bits per heavy atom. The van der Waals surface area contributed by atoms with E-state index in [4.69, 9.17) is 9.47 Å². The van der Waals surface area contributed by atoms with Crippen LogP contribution >= 0.6 is 0 Å². The molecule has 1 fully saturated rings. The van der Waals surface area contributed by atoms with Crippen LogP contribution in [0.3, 0.4) is 0 Å². The van der Waals surface area contributed by atoms with E-state index in [0.717, 1.165) is 22.1 Å². The molecule has 8 nitrogen and oxygen atoms in total. The molecule has 4 aromatic rings. The van der Waals surface area contributed by atoms with Gasteiger partial charge in [-0.05, 0) is 47.4 Å². The summed E-state index contributed by atoms with van der Waals surface area (Å²) in [5.74, 6) is 2.68. The van der Waals surface area contributed by atoms with Crippen molar-refractivity contribution in [3.05, 3.63) is 78.5 Å². The number of rotatable bonds is 6. The van der Waals surface area contributed by atoms with Crippen molar-refractivity contribution in [2.75, 3.05) is 24.8 Å². The van der Waals surface area contributed by atoms with Crippen molar-refractivity contribution in [1.29, 1.82) is 0 Å². The van der Waals surface area contributed by atoms with Crippen LogP contribution in [0.5, 0.6) is 17.4 Å². The number of carbonyl (C=O) groups excluding carboxylic acids is 1. The lowest BCUT2D eigenvalue weighted by molar-refractivity contribution is 0.254. The van der Waals surface area contributed by atoms with Crippen LogP contribution in [0.4, 0.5) is 16.4 Å². The van der Waals surface area contributed by atoms with Crippen molar-refractivity contribution in [1.82, 2.24) is 15.3 Å². The highest BCUT2D eigenvalue weighted by Gasteiger charge is 2.17. The zero-order valence-corrected chi connectivity index (χ0v) is 24.0. The number of aromatic nitrogens is 2. The van der Waals surface area contributed by atoms with Crippen molar-refractivity contribution < 1.29 is 14.3 Å². The summed E-state index contributed by atoms with van der Waals surface area (Å²) in [6, 6.07) is 22.1. The zero-order chi connectivity index (χ0) is 28.5. The quantitative estimate of drug-likeness (QED) is 0.234. The Balaban J connectivity index is 0.000000195. The maximum absolute atomic E-state index is 11.3. The van der Waals surface area contributed by atoms with E-state index in [1.165, 1.54) is 25.7 Å². The van der Waals surface area contributed by atoms with Crippen LogP contribution in [0.2, 0.25) is 0 Å². The van der Waals surface area contributed by atoms with E-state index >= 15 is 0 Å². The van der Waals surface area contributed by atoms with Gasteiger partial charge >= 0.3 is 6.03 Å². The smallest absolute Gasteiger partial charge is 0.319 e. The summed E-state index contributed by atoms with van der Waals surface area (Å²) in [7, 11) is 3.16. The number of ether oxygens (including phenoxy) is 2. The van der Waals surface area contributed by atoms with Gasteiger partial charge in [-0.25, -0.2) is 9.78 Å². The highest BCUT2D eigenvalue weighted by molar-refractivity contribution is 5.91. The number of hydrogen-bond donors (Lipinski definition) is 3. The molecule has 5 rings (SSSR count). The lowest BCUT2D eigenvalue weighted by Crippen LogP contribution is -2.25. The maximum Gasteiger partial charge on any atom is 0.319 e. The van der Waals surface area contributed by atoms with Gasteiger partial charge in [-0.2, -0.15) is 4.98 Å². The topological polar surface area (TPSA) is 97.4 Å². The number of hydrogen-bond acceptors (Lipinski definition) is 6. The normalized spacial score (nSPS) is 13.2. The number of urea groups is 1. The van der Waals surface area contributed by atoms with Crippen LogP contribution in [-0.4, -0.2) is 36.2 Å². The van der Waals surface area contributed by atoms with Crippen molar-refractivity contribution in [2.24, 2.45) is 0 Å². The summed E-state index contributed by atoms with van der Waals surface area (Å²) in [6.45, 7) is 6.37. The Morgan fingerprint density at radius 1 is 0.950 bits per heavy atom. The molecule has 0 spiro atoms. The number of amides is 2. The summed E-state index contributed by atoms with van der Waals surface area (Å²) in [5, 5.41) is 10.9. The molecule has 1 saturated carbocycles. The fourth-order valence-electron chi connectivity index (χ4n) is 4.58. The standard InChI is InChI=1S/C19H19N3O.C13H20N2O2/c1-4-10-16-14(6-1)7-5-11-17(16)23-18-12-13-20-19(22-18)21-15-8-2-3-9-15;1-13(2,3)9-6-7-11(17-5)10(8-9)15-12(16)14-4/h1,4-7,10-13,15H,2-3,8-9H2,(H,20,21,22);6-8H,1-5H3,(H2,14,15,16). The number of nitrogens with zero attached hydrogens (tertiary/aromatic N) is 2. The molecule has 0 unspecified atom stereocenters. The third kappa shape index (κ3) is 7.62. The Kier molecular flexibility index (Phi) is 9.43. The highest BCUT2D eigenvalue weighted by atomic mass is 16.5. The van der Waals surface area contributed by atoms with Crippen LogP contribution in [-0.2, 0) is 5.41 Å². The molecule has 0 saturated heterocycles. The van der Waals surface area contributed by atoms with E-state index in [9.17, 15) is 4.79 Å². The number of anilines is 2. The van der Waals surface area contributed by atoms with E-state index in [2.05, 4.69) is 64.9 Å². The van der Waals surface area contributed by atoms with Crippen LogP contribution in [0, 0.1) is 0 Å². The predicted octanol–water partition coefficient (Wildman–Crippen LogP) is 7.52. The second-order valence-corrected chi connectivity index (χ2v) is 10.8. The molecule has 210 valence electrons. The number of fused-ring (bicyclic) bond motifs is 1. The Bertz CT molecular complexity index is 1420. The largest absolute Gasteiger partial charge is 0.495 e. The third-order valence-corrected chi connectivity index (χ3v) is 6.82. The molecule has 3 N–H and O–H groups in total. The van der Waals surface area contributed by atoms with Crippen molar-refractivity contribution >= 4 is 28.4 Å². The lowest BCUT2D eigenvalue weighted by Gasteiger charge is -2.21. The minimum absolute atomic E-state index is 0.0331. The molecule has 1 aliphatic rings. The average Bonchev–Trinajstić information content (AvgIpc) is 3.46. The van der Waals surface area contributed by atoms with E-state index < -0.39 is 0 Å². The first-order valence-corrected chi connectivity index (χ1v) is 13.7. The predicted molar refractivity (Wildman–Crippen MR) is 162 cm³/mol.